The molecular weight excluding hydrogens is 539 g/mol. The van der Waals surface area contributed by atoms with E-state index in [-0.39, 0.29) is 18.0 Å². The van der Waals surface area contributed by atoms with Crippen molar-refractivity contribution < 1.29 is 26.4 Å². The zero-order valence-corrected chi connectivity index (χ0v) is 22.4. The second-order valence-corrected chi connectivity index (χ2v) is 11.5. The lowest BCUT2D eigenvalue weighted by Crippen LogP contribution is -2.52. The average Bonchev–Trinajstić information content (AvgIpc) is 2.88. The molecule has 1 amide bonds. The first-order chi connectivity index (χ1) is 17.9. The number of carbonyl (C=O) groups excluding carboxylic acids is 1. The molecule has 0 N–H and O–H groups in total. The lowest BCUT2D eigenvalue weighted by atomic mass is 10.1. The van der Waals surface area contributed by atoms with E-state index in [0.717, 1.165) is 22.0 Å². The lowest BCUT2D eigenvalue weighted by molar-refractivity contribution is -0.137. The van der Waals surface area contributed by atoms with Gasteiger partial charge in [-0.3, -0.25) is 9.10 Å². The van der Waals surface area contributed by atoms with Gasteiger partial charge < -0.3 is 9.80 Å². The summed E-state index contributed by atoms with van der Waals surface area (Å²) in [5, 5.41) is 0.330. The number of alkyl halides is 3. The Balaban J connectivity index is 1.55. The summed E-state index contributed by atoms with van der Waals surface area (Å²) in [6, 6.07) is 16.3. The summed E-state index contributed by atoms with van der Waals surface area (Å²) in [5.74, 6) is -0.413. The Morgan fingerprint density at radius 2 is 1.61 bits per heavy atom. The number of hydrogen-bond acceptors (Lipinski definition) is 4. The first kappa shape index (κ1) is 27.8. The van der Waals surface area contributed by atoms with Crippen LogP contribution in [0.4, 0.5) is 24.5 Å². The lowest BCUT2D eigenvalue weighted by Gasteiger charge is -2.37. The van der Waals surface area contributed by atoms with Gasteiger partial charge in [0, 0.05) is 36.9 Å². The van der Waals surface area contributed by atoms with Crippen molar-refractivity contribution in [3.8, 4) is 0 Å². The van der Waals surface area contributed by atoms with E-state index in [1.54, 1.807) is 42.2 Å². The monoisotopic (exact) mass is 565 g/mol. The second-order valence-electron chi connectivity index (χ2n) is 9.17. The third-order valence-corrected chi connectivity index (χ3v) is 8.51. The topological polar surface area (TPSA) is 60.9 Å². The summed E-state index contributed by atoms with van der Waals surface area (Å²) in [5.41, 5.74) is 1.51. The SMILES string of the molecule is Cc1ccc(S(=O)(=O)N(CC(=O)N2CCN(c3cccc(C(F)(F)F)c3)CC2)c2cc(Cl)ccc2C)cc1. The molecule has 4 rings (SSSR count). The maximum Gasteiger partial charge on any atom is 0.416 e. The Morgan fingerprint density at radius 3 is 2.24 bits per heavy atom. The molecule has 0 spiro atoms. The van der Waals surface area contributed by atoms with E-state index in [1.165, 1.54) is 29.2 Å². The molecule has 11 heteroatoms. The number of amides is 1. The number of benzene rings is 3. The van der Waals surface area contributed by atoms with Crippen LogP contribution in [0.1, 0.15) is 16.7 Å². The summed E-state index contributed by atoms with van der Waals surface area (Å²) in [6.07, 6.45) is -4.45. The first-order valence-electron chi connectivity index (χ1n) is 11.9. The molecule has 1 saturated heterocycles. The molecule has 0 atom stereocenters. The zero-order valence-electron chi connectivity index (χ0n) is 20.9. The largest absolute Gasteiger partial charge is 0.416 e. The van der Waals surface area contributed by atoms with Crippen molar-refractivity contribution >= 4 is 38.9 Å². The van der Waals surface area contributed by atoms with Crippen LogP contribution in [0, 0.1) is 13.8 Å². The van der Waals surface area contributed by atoms with E-state index < -0.39 is 34.2 Å². The fourth-order valence-electron chi connectivity index (χ4n) is 4.30. The van der Waals surface area contributed by atoms with Crippen molar-refractivity contribution in [1.82, 2.24) is 4.90 Å². The van der Waals surface area contributed by atoms with E-state index in [4.69, 9.17) is 11.6 Å². The quantitative estimate of drug-likeness (QED) is 0.395. The third kappa shape index (κ3) is 6.07. The number of nitrogens with zero attached hydrogens (tertiary/aromatic N) is 3. The molecule has 3 aromatic rings. The standard InChI is InChI=1S/C27H27ClF3N3O3S/c1-19-6-10-24(11-7-19)38(36,37)34(25-17-22(28)9-8-20(25)2)18-26(35)33-14-12-32(13-15-33)23-5-3-4-21(16-23)27(29,30)31/h3-11,16-17H,12-15,18H2,1-2H3. The number of anilines is 2. The third-order valence-electron chi connectivity index (χ3n) is 6.50. The maximum absolute atomic E-state index is 13.7. The van der Waals surface area contributed by atoms with Gasteiger partial charge in [-0.25, -0.2) is 8.42 Å². The summed E-state index contributed by atoms with van der Waals surface area (Å²) in [4.78, 5) is 16.7. The molecular formula is C27H27ClF3N3O3S. The molecule has 202 valence electrons. The second kappa shape index (κ2) is 10.9. The first-order valence-corrected chi connectivity index (χ1v) is 13.7. The van der Waals surface area contributed by atoms with Gasteiger partial charge in [0.15, 0.2) is 0 Å². The highest BCUT2D eigenvalue weighted by molar-refractivity contribution is 7.92. The maximum atomic E-state index is 13.7. The highest BCUT2D eigenvalue weighted by atomic mass is 35.5. The van der Waals surface area contributed by atoms with E-state index >= 15 is 0 Å². The molecule has 3 aromatic carbocycles. The van der Waals surface area contributed by atoms with E-state index in [1.807, 2.05) is 6.92 Å². The Morgan fingerprint density at radius 1 is 0.947 bits per heavy atom. The van der Waals surface area contributed by atoms with Crippen LogP contribution in [-0.4, -0.2) is 51.9 Å². The van der Waals surface area contributed by atoms with Crippen molar-refractivity contribution in [3.63, 3.8) is 0 Å². The van der Waals surface area contributed by atoms with Crippen LogP contribution in [-0.2, 0) is 21.0 Å². The molecule has 0 saturated carbocycles. The van der Waals surface area contributed by atoms with Gasteiger partial charge in [-0.05, 0) is 61.9 Å². The Bertz CT molecular complexity index is 1420. The van der Waals surface area contributed by atoms with Gasteiger partial charge in [0.25, 0.3) is 10.0 Å². The predicted molar refractivity (Wildman–Crippen MR) is 142 cm³/mol. The van der Waals surface area contributed by atoms with Crippen molar-refractivity contribution in [2.45, 2.75) is 24.9 Å². The number of piperazine rings is 1. The molecule has 0 radical (unpaired) electrons. The van der Waals surface area contributed by atoms with E-state index in [2.05, 4.69) is 0 Å². The van der Waals surface area contributed by atoms with Crippen LogP contribution in [0.3, 0.4) is 0 Å². The van der Waals surface area contributed by atoms with Crippen LogP contribution in [0.25, 0.3) is 0 Å². The summed E-state index contributed by atoms with van der Waals surface area (Å²) < 4.78 is 67.8. The van der Waals surface area contributed by atoms with Gasteiger partial charge >= 0.3 is 6.18 Å². The fraction of sp³-hybridized carbons (Fsp3) is 0.296. The fourth-order valence-corrected chi connectivity index (χ4v) is 5.94. The molecule has 1 heterocycles. The molecule has 38 heavy (non-hydrogen) atoms. The van der Waals surface area contributed by atoms with Gasteiger partial charge in [0.05, 0.1) is 16.1 Å². The number of sulfonamides is 1. The predicted octanol–water partition coefficient (Wildman–Crippen LogP) is 5.52. The normalized spacial score (nSPS) is 14.5. The summed E-state index contributed by atoms with van der Waals surface area (Å²) in [6.45, 7) is 4.24. The van der Waals surface area contributed by atoms with Crippen LogP contribution in [0.5, 0.6) is 0 Å². The highest BCUT2D eigenvalue weighted by Crippen LogP contribution is 2.32. The average molecular weight is 566 g/mol. The number of aryl methyl sites for hydroxylation is 2. The van der Waals surface area contributed by atoms with Gasteiger partial charge in [-0.15, -0.1) is 0 Å². The summed E-state index contributed by atoms with van der Waals surface area (Å²) in [7, 11) is -4.11. The zero-order chi connectivity index (χ0) is 27.7. The Kier molecular flexibility index (Phi) is 7.94. The van der Waals surface area contributed by atoms with Crippen molar-refractivity contribution in [2.24, 2.45) is 0 Å². The Hall–Kier alpha value is -3.24. The number of halogens is 4. The van der Waals surface area contributed by atoms with Gasteiger partial charge in [0.2, 0.25) is 5.91 Å². The smallest absolute Gasteiger partial charge is 0.368 e. The van der Waals surface area contributed by atoms with Gasteiger partial charge in [-0.1, -0.05) is 41.4 Å². The molecule has 0 bridgehead atoms. The molecule has 0 unspecified atom stereocenters. The highest BCUT2D eigenvalue weighted by Gasteiger charge is 2.33. The molecule has 1 aliphatic heterocycles. The van der Waals surface area contributed by atoms with Gasteiger partial charge in [0.1, 0.15) is 6.54 Å². The van der Waals surface area contributed by atoms with Crippen LogP contribution < -0.4 is 9.21 Å². The molecule has 1 aliphatic rings. The molecule has 0 aromatic heterocycles. The molecule has 6 nitrogen and oxygen atoms in total. The van der Waals surface area contributed by atoms with Gasteiger partial charge in [-0.2, -0.15) is 13.2 Å². The summed E-state index contributed by atoms with van der Waals surface area (Å²) >= 11 is 6.18. The van der Waals surface area contributed by atoms with E-state index in [9.17, 15) is 26.4 Å². The Labute approximate surface area is 225 Å². The minimum Gasteiger partial charge on any atom is -0.368 e. The van der Waals surface area contributed by atoms with E-state index in [0.29, 0.717) is 35.1 Å². The number of hydrogen-bond donors (Lipinski definition) is 0. The van der Waals surface area contributed by atoms with Crippen LogP contribution >= 0.6 is 11.6 Å². The number of carbonyl (C=O) groups is 1. The van der Waals surface area contributed by atoms with Crippen molar-refractivity contribution in [3.05, 3.63) is 88.4 Å². The van der Waals surface area contributed by atoms with Crippen LogP contribution in [0.2, 0.25) is 5.02 Å². The molecule has 1 fully saturated rings. The van der Waals surface area contributed by atoms with Crippen molar-refractivity contribution in [2.75, 3.05) is 41.9 Å². The van der Waals surface area contributed by atoms with Crippen LogP contribution in [0.15, 0.2) is 71.6 Å². The van der Waals surface area contributed by atoms with Crippen molar-refractivity contribution in [1.29, 1.82) is 0 Å². The number of rotatable bonds is 6. The molecule has 0 aliphatic carbocycles. The minimum atomic E-state index is -4.45. The minimum absolute atomic E-state index is 0.0460.